The van der Waals surface area contributed by atoms with Crippen LogP contribution in [0.25, 0.3) is 0 Å². The number of rotatable bonds is 6. The Labute approximate surface area is 132 Å². The molecule has 1 aromatic carbocycles. The predicted molar refractivity (Wildman–Crippen MR) is 84.2 cm³/mol. The first-order chi connectivity index (χ1) is 10.9. The molecule has 0 aliphatic carbocycles. The van der Waals surface area contributed by atoms with Gasteiger partial charge in [0.05, 0.1) is 4.92 Å². The van der Waals surface area contributed by atoms with Crippen molar-refractivity contribution in [3.05, 3.63) is 51.5 Å². The van der Waals surface area contributed by atoms with E-state index in [0.717, 1.165) is 6.20 Å². The number of benzene rings is 1. The quantitative estimate of drug-likeness (QED) is 0.616. The topological polar surface area (TPSA) is 110 Å². The van der Waals surface area contributed by atoms with Crippen molar-refractivity contribution in [3.8, 4) is 0 Å². The highest BCUT2D eigenvalue weighted by molar-refractivity contribution is 5.53. The van der Waals surface area contributed by atoms with Gasteiger partial charge in [-0.15, -0.1) is 0 Å². The Hall–Kier alpha value is -2.81. The van der Waals surface area contributed by atoms with Gasteiger partial charge in [-0.1, -0.05) is 12.1 Å². The SMILES string of the molecule is CN(C)Cc1ccc(CNc2ncc([N+](=O)[O-])c(N)n2)cc1F. The number of nitrogen functional groups attached to an aromatic ring is 1. The Morgan fingerprint density at radius 2 is 2.17 bits per heavy atom. The van der Waals surface area contributed by atoms with Gasteiger partial charge in [0, 0.05) is 18.7 Å². The zero-order valence-electron chi connectivity index (χ0n) is 12.8. The maximum absolute atomic E-state index is 14.0. The van der Waals surface area contributed by atoms with E-state index in [2.05, 4.69) is 15.3 Å². The number of nitrogens with one attached hydrogen (secondary N) is 1. The van der Waals surface area contributed by atoms with Gasteiger partial charge in [0.25, 0.3) is 0 Å². The Morgan fingerprint density at radius 1 is 1.43 bits per heavy atom. The number of hydrogen-bond acceptors (Lipinski definition) is 7. The Balaban J connectivity index is 2.05. The second kappa shape index (κ2) is 6.97. The van der Waals surface area contributed by atoms with E-state index >= 15 is 0 Å². The highest BCUT2D eigenvalue weighted by Gasteiger charge is 2.14. The van der Waals surface area contributed by atoms with Gasteiger partial charge in [-0.3, -0.25) is 10.1 Å². The fourth-order valence-corrected chi connectivity index (χ4v) is 1.97. The zero-order valence-corrected chi connectivity index (χ0v) is 12.8. The minimum Gasteiger partial charge on any atom is -0.378 e. The number of aromatic nitrogens is 2. The van der Waals surface area contributed by atoms with Crippen LogP contribution in [0.5, 0.6) is 0 Å². The highest BCUT2D eigenvalue weighted by Crippen LogP contribution is 2.19. The first-order valence-electron chi connectivity index (χ1n) is 6.79. The maximum Gasteiger partial charge on any atom is 0.329 e. The fourth-order valence-electron chi connectivity index (χ4n) is 1.97. The summed E-state index contributed by atoms with van der Waals surface area (Å²) in [6, 6.07) is 4.95. The molecule has 2 rings (SSSR count). The molecule has 1 heterocycles. The van der Waals surface area contributed by atoms with Gasteiger partial charge in [0.15, 0.2) is 0 Å². The van der Waals surface area contributed by atoms with Crippen molar-refractivity contribution < 1.29 is 9.31 Å². The van der Waals surface area contributed by atoms with Crippen LogP contribution >= 0.6 is 0 Å². The lowest BCUT2D eigenvalue weighted by molar-refractivity contribution is -0.384. The van der Waals surface area contributed by atoms with E-state index in [4.69, 9.17) is 5.73 Å². The van der Waals surface area contributed by atoms with E-state index in [9.17, 15) is 14.5 Å². The molecule has 0 amide bonds. The van der Waals surface area contributed by atoms with Crippen LogP contribution in [-0.4, -0.2) is 33.9 Å². The molecule has 0 atom stereocenters. The summed E-state index contributed by atoms with van der Waals surface area (Å²) in [4.78, 5) is 19.5. The summed E-state index contributed by atoms with van der Waals surface area (Å²) in [5, 5.41) is 13.5. The van der Waals surface area contributed by atoms with Crippen LogP contribution in [-0.2, 0) is 13.1 Å². The van der Waals surface area contributed by atoms with Crippen molar-refractivity contribution in [2.75, 3.05) is 25.1 Å². The van der Waals surface area contributed by atoms with E-state index in [0.29, 0.717) is 17.7 Å². The average Bonchev–Trinajstić information content (AvgIpc) is 2.47. The van der Waals surface area contributed by atoms with Crippen molar-refractivity contribution >= 4 is 17.5 Å². The molecule has 0 radical (unpaired) electrons. The van der Waals surface area contributed by atoms with Crippen LogP contribution in [0.3, 0.4) is 0 Å². The molecule has 0 aliphatic rings. The van der Waals surface area contributed by atoms with E-state index in [1.54, 1.807) is 12.1 Å². The zero-order chi connectivity index (χ0) is 17.0. The van der Waals surface area contributed by atoms with Gasteiger partial charge >= 0.3 is 5.69 Å². The Morgan fingerprint density at radius 3 is 2.74 bits per heavy atom. The van der Waals surface area contributed by atoms with E-state index in [-0.39, 0.29) is 29.8 Å². The lowest BCUT2D eigenvalue weighted by Crippen LogP contribution is -2.12. The van der Waals surface area contributed by atoms with Gasteiger partial charge in [0.2, 0.25) is 11.8 Å². The first-order valence-corrected chi connectivity index (χ1v) is 6.79. The van der Waals surface area contributed by atoms with Gasteiger partial charge in [0.1, 0.15) is 12.0 Å². The Kier molecular flexibility index (Phi) is 5.02. The lowest BCUT2D eigenvalue weighted by Gasteiger charge is -2.12. The first kappa shape index (κ1) is 16.6. The maximum atomic E-state index is 14.0. The van der Waals surface area contributed by atoms with Crippen LogP contribution in [0.4, 0.5) is 21.8 Å². The molecule has 0 bridgehead atoms. The third kappa shape index (κ3) is 4.33. The molecule has 0 saturated carbocycles. The standard InChI is InChI=1S/C14H17FN6O2/c1-20(2)8-10-4-3-9(5-11(10)15)6-17-14-18-7-12(21(22)23)13(16)19-14/h3-5,7H,6,8H2,1-2H3,(H3,16,17,18,19). The van der Waals surface area contributed by atoms with E-state index in [1.165, 1.54) is 6.07 Å². The van der Waals surface area contributed by atoms with Crippen LogP contribution in [0.15, 0.2) is 24.4 Å². The number of hydrogen-bond donors (Lipinski definition) is 2. The van der Waals surface area contributed by atoms with Gasteiger partial charge < -0.3 is 16.0 Å². The third-order valence-corrected chi connectivity index (χ3v) is 3.05. The third-order valence-electron chi connectivity index (χ3n) is 3.05. The molecule has 23 heavy (non-hydrogen) atoms. The largest absolute Gasteiger partial charge is 0.378 e. The summed E-state index contributed by atoms with van der Waals surface area (Å²) in [5.74, 6) is -0.368. The predicted octanol–water partition coefficient (Wildman–Crippen LogP) is 1.78. The van der Waals surface area contributed by atoms with Gasteiger partial charge in [-0.05, 0) is 25.7 Å². The smallest absolute Gasteiger partial charge is 0.329 e. The summed E-state index contributed by atoms with van der Waals surface area (Å²) in [7, 11) is 3.73. The minimum atomic E-state index is -0.655. The number of nitro groups is 1. The molecule has 0 unspecified atom stereocenters. The van der Waals surface area contributed by atoms with Crippen molar-refractivity contribution in [2.45, 2.75) is 13.1 Å². The number of anilines is 2. The molecule has 8 nitrogen and oxygen atoms in total. The fraction of sp³-hybridized carbons (Fsp3) is 0.286. The van der Waals surface area contributed by atoms with Crippen LogP contribution in [0.2, 0.25) is 0 Å². The number of halogens is 1. The molecule has 0 fully saturated rings. The van der Waals surface area contributed by atoms with Crippen molar-refractivity contribution in [2.24, 2.45) is 0 Å². The molecule has 0 aliphatic heterocycles. The normalized spacial score (nSPS) is 10.8. The number of nitrogens with two attached hydrogens (primary N) is 1. The summed E-state index contributed by atoms with van der Waals surface area (Å²) < 4.78 is 14.0. The molecule has 9 heteroatoms. The molecule has 3 N–H and O–H groups in total. The van der Waals surface area contributed by atoms with Crippen molar-refractivity contribution in [1.29, 1.82) is 0 Å². The second-order valence-electron chi connectivity index (χ2n) is 5.24. The average molecular weight is 320 g/mol. The van der Waals surface area contributed by atoms with Crippen molar-refractivity contribution in [1.82, 2.24) is 14.9 Å². The van der Waals surface area contributed by atoms with E-state index < -0.39 is 4.92 Å². The molecule has 2 aromatic rings. The van der Waals surface area contributed by atoms with Crippen molar-refractivity contribution in [3.63, 3.8) is 0 Å². The second-order valence-corrected chi connectivity index (χ2v) is 5.24. The summed E-state index contributed by atoms with van der Waals surface area (Å²) in [5.41, 5.74) is 6.44. The summed E-state index contributed by atoms with van der Waals surface area (Å²) >= 11 is 0. The summed E-state index contributed by atoms with van der Waals surface area (Å²) in [6.45, 7) is 0.790. The van der Waals surface area contributed by atoms with Crippen LogP contribution in [0.1, 0.15) is 11.1 Å². The number of nitrogens with zero attached hydrogens (tertiary/aromatic N) is 4. The molecule has 0 spiro atoms. The highest BCUT2D eigenvalue weighted by atomic mass is 19.1. The van der Waals surface area contributed by atoms with Crippen LogP contribution < -0.4 is 11.1 Å². The monoisotopic (exact) mass is 320 g/mol. The molecular weight excluding hydrogens is 303 g/mol. The van der Waals surface area contributed by atoms with Gasteiger partial charge in [-0.2, -0.15) is 4.98 Å². The van der Waals surface area contributed by atoms with Gasteiger partial charge in [-0.25, -0.2) is 9.37 Å². The Bertz CT molecular complexity index is 722. The lowest BCUT2D eigenvalue weighted by atomic mass is 10.1. The minimum absolute atomic E-state index is 0.144. The molecule has 1 aromatic heterocycles. The molecular formula is C14H17FN6O2. The molecule has 0 saturated heterocycles. The van der Waals surface area contributed by atoms with E-state index in [1.807, 2.05) is 19.0 Å². The summed E-state index contributed by atoms with van der Waals surface area (Å²) in [6.07, 6.45) is 1.03. The molecule has 122 valence electrons. The van der Waals surface area contributed by atoms with Crippen LogP contribution in [0, 0.1) is 15.9 Å².